The van der Waals surface area contributed by atoms with E-state index in [-0.39, 0.29) is 0 Å². The summed E-state index contributed by atoms with van der Waals surface area (Å²) in [6.07, 6.45) is 3.02. The minimum absolute atomic E-state index is 0.397. The second-order valence-electron chi connectivity index (χ2n) is 5.15. The molecule has 1 aliphatic rings. The molecule has 1 heteroatoms. The summed E-state index contributed by atoms with van der Waals surface area (Å²) in [6.45, 7) is 0. The Bertz CT molecular complexity index is 838. The predicted molar refractivity (Wildman–Crippen MR) is 82.8 cm³/mol. The smallest absolute Gasteiger partial charge is 0.119 e. The van der Waals surface area contributed by atoms with Crippen LogP contribution in [0.25, 0.3) is 16.3 Å². The summed E-state index contributed by atoms with van der Waals surface area (Å²) in [4.78, 5) is 0. The molecule has 0 radical (unpaired) electrons. The van der Waals surface area contributed by atoms with Crippen molar-refractivity contribution in [1.29, 1.82) is 0 Å². The largest absolute Gasteiger partial charge is 0.508 e. The fourth-order valence-corrected chi connectivity index (χ4v) is 3.07. The van der Waals surface area contributed by atoms with Gasteiger partial charge in [-0.25, -0.2) is 0 Å². The summed E-state index contributed by atoms with van der Waals surface area (Å²) in [5, 5.41) is 12.5. The van der Waals surface area contributed by atoms with E-state index in [2.05, 4.69) is 54.6 Å². The topological polar surface area (TPSA) is 20.2 Å². The summed E-state index contributed by atoms with van der Waals surface area (Å²) >= 11 is 0. The lowest BCUT2D eigenvalue weighted by atomic mass is 9.94. The maximum Gasteiger partial charge on any atom is 0.119 e. The van der Waals surface area contributed by atoms with Crippen molar-refractivity contribution < 1.29 is 5.11 Å². The maximum atomic E-state index is 9.98. The van der Waals surface area contributed by atoms with Crippen molar-refractivity contribution in [2.75, 3.05) is 0 Å². The lowest BCUT2D eigenvalue weighted by Crippen LogP contribution is -1.89. The highest BCUT2D eigenvalue weighted by Crippen LogP contribution is 2.39. The molecule has 20 heavy (non-hydrogen) atoms. The molecule has 3 aromatic carbocycles. The Balaban J connectivity index is 1.97. The second kappa shape index (κ2) is 4.24. The molecule has 0 atom stereocenters. The number of fused-ring (bicyclic) bond motifs is 2. The average Bonchev–Trinajstić information content (AvgIpc) is 2.92. The molecule has 0 heterocycles. The SMILES string of the molecule is Oc1cccc2c1CC=C2c1cccc2ccccc12. The molecule has 0 aliphatic heterocycles. The van der Waals surface area contributed by atoms with Gasteiger partial charge in [-0.2, -0.15) is 0 Å². The highest BCUT2D eigenvalue weighted by Gasteiger charge is 2.19. The van der Waals surface area contributed by atoms with E-state index in [4.69, 9.17) is 0 Å². The quantitative estimate of drug-likeness (QED) is 0.679. The van der Waals surface area contributed by atoms with E-state index in [0.717, 1.165) is 17.5 Å². The van der Waals surface area contributed by atoms with Crippen LogP contribution in [0.1, 0.15) is 16.7 Å². The van der Waals surface area contributed by atoms with Crippen molar-refractivity contribution in [2.24, 2.45) is 0 Å². The zero-order chi connectivity index (χ0) is 13.5. The van der Waals surface area contributed by atoms with Crippen LogP contribution in [0.3, 0.4) is 0 Å². The van der Waals surface area contributed by atoms with Crippen LogP contribution in [-0.4, -0.2) is 5.11 Å². The first kappa shape index (κ1) is 11.3. The Morgan fingerprint density at radius 3 is 2.45 bits per heavy atom. The van der Waals surface area contributed by atoms with Gasteiger partial charge in [0.05, 0.1) is 0 Å². The third-order valence-electron chi connectivity index (χ3n) is 4.03. The summed E-state index contributed by atoms with van der Waals surface area (Å²) in [5.74, 6) is 0.397. The molecule has 96 valence electrons. The lowest BCUT2D eigenvalue weighted by Gasteiger charge is -2.10. The molecule has 3 aromatic rings. The Morgan fingerprint density at radius 2 is 1.50 bits per heavy atom. The molecular weight excluding hydrogens is 244 g/mol. The fourth-order valence-electron chi connectivity index (χ4n) is 3.07. The van der Waals surface area contributed by atoms with Crippen LogP contribution in [0.15, 0.2) is 66.7 Å². The summed E-state index contributed by atoms with van der Waals surface area (Å²) in [6, 6.07) is 20.6. The molecule has 0 unspecified atom stereocenters. The van der Waals surface area contributed by atoms with Crippen LogP contribution < -0.4 is 0 Å². The number of hydrogen-bond acceptors (Lipinski definition) is 1. The molecule has 0 aromatic heterocycles. The molecule has 1 aliphatic carbocycles. The first-order valence-corrected chi connectivity index (χ1v) is 6.84. The normalized spacial score (nSPS) is 13.3. The summed E-state index contributed by atoms with van der Waals surface area (Å²) in [5.41, 5.74) is 4.66. The van der Waals surface area contributed by atoms with Crippen LogP contribution in [0.2, 0.25) is 0 Å². The second-order valence-corrected chi connectivity index (χ2v) is 5.15. The van der Waals surface area contributed by atoms with Gasteiger partial charge in [-0.1, -0.05) is 60.7 Å². The molecule has 0 saturated heterocycles. The number of hydrogen-bond donors (Lipinski definition) is 1. The number of rotatable bonds is 1. The van der Waals surface area contributed by atoms with E-state index in [1.807, 2.05) is 6.07 Å². The van der Waals surface area contributed by atoms with Crippen LogP contribution in [0.5, 0.6) is 5.75 Å². The Hall–Kier alpha value is -2.54. The van der Waals surface area contributed by atoms with E-state index < -0.39 is 0 Å². The van der Waals surface area contributed by atoms with Gasteiger partial charge in [-0.3, -0.25) is 0 Å². The van der Waals surface area contributed by atoms with Gasteiger partial charge >= 0.3 is 0 Å². The van der Waals surface area contributed by atoms with Crippen LogP contribution in [0, 0.1) is 0 Å². The standard InChI is InChI=1S/C19H14O/c20-19-10-4-9-16-17(11-12-18(16)19)15-8-3-6-13-5-1-2-7-14(13)15/h1-11,20H,12H2. The Labute approximate surface area is 117 Å². The molecular formula is C19H14O. The highest BCUT2D eigenvalue weighted by atomic mass is 16.3. The van der Waals surface area contributed by atoms with Gasteiger partial charge in [0, 0.05) is 5.56 Å². The molecule has 0 saturated carbocycles. The predicted octanol–water partition coefficient (Wildman–Crippen LogP) is 4.53. The number of phenols is 1. The average molecular weight is 258 g/mol. The number of aromatic hydroxyl groups is 1. The highest BCUT2D eigenvalue weighted by molar-refractivity contribution is 5.99. The van der Waals surface area contributed by atoms with Crippen LogP contribution in [0.4, 0.5) is 0 Å². The molecule has 1 N–H and O–H groups in total. The van der Waals surface area contributed by atoms with Gasteiger partial charge in [0.1, 0.15) is 5.75 Å². The monoisotopic (exact) mass is 258 g/mol. The van der Waals surface area contributed by atoms with E-state index in [1.54, 1.807) is 6.07 Å². The van der Waals surface area contributed by atoms with Crippen molar-refractivity contribution in [3.63, 3.8) is 0 Å². The van der Waals surface area contributed by atoms with Gasteiger partial charge in [0.15, 0.2) is 0 Å². The number of allylic oxidation sites excluding steroid dienone is 1. The molecule has 4 rings (SSSR count). The van der Waals surface area contributed by atoms with Gasteiger partial charge in [-0.05, 0) is 40.0 Å². The van der Waals surface area contributed by atoms with Crippen molar-refractivity contribution in [2.45, 2.75) is 6.42 Å². The number of benzene rings is 3. The molecule has 0 amide bonds. The van der Waals surface area contributed by atoms with E-state index in [9.17, 15) is 5.11 Å². The van der Waals surface area contributed by atoms with Gasteiger partial charge in [0.25, 0.3) is 0 Å². The summed E-state index contributed by atoms with van der Waals surface area (Å²) in [7, 11) is 0. The molecule has 0 bridgehead atoms. The van der Waals surface area contributed by atoms with Crippen LogP contribution in [-0.2, 0) is 6.42 Å². The van der Waals surface area contributed by atoms with Gasteiger partial charge in [0.2, 0.25) is 0 Å². The van der Waals surface area contributed by atoms with Crippen LogP contribution >= 0.6 is 0 Å². The zero-order valence-electron chi connectivity index (χ0n) is 11.0. The number of phenolic OH excluding ortho intramolecular Hbond substituents is 1. The lowest BCUT2D eigenvalue weighted by molar-refractivity contribution is 0.470. The van der Waals surface area contributed by atoms with Gasteiger partial charge < -0.3 is 5.11 Å². The van der Waals surface area contributed by atoms with Crippen molar-refractivity contribution in [1.82, 2.24) is 0 Å². The fraction of sp³-hybridized carbons (Fsp3) is 0.0526. The van der Waals surface area contributed by atoms with E-state index in [1.165, 1.54) is 21.9 Å². The van der Waals surface area contributed by atoms with Crippen molar-refractivity contribution >= 4 is 16.3 Å². The minimum atomic E-state index is 0.397. The molecule has 1 nitrogen and oxygen atoms in total. The van der Waals surface area contributed by atoms with E-state index in [0.29, 0.717) is 5.75 Å². The minimum Gasteiger partial charge on any atom is -0.508 e. The zero-order valence-corrected chi connectivity index (χ0v) is 11.0. The Kier molecular flexibility index (Phi) is 2.40. The molecule has 0 spiro atoms. The first-order chi connectivity index (χ1) is 9.84. The summed E-state index contributed by atoms with van der Waals surface area (Å²) < 4.78 is 0. The van der Waals surface area contributed by atoms with Gasteiger partial charge in [-0.15, -0.1) is 0 Å². The molecule has 0 fully saturated rings. The first-order valence-electron chi connectivity index (χ1n) is 6.84. The Morgan fingerprint density at radius 1 is 0.750 bits per heavy atom. The maximum absolute atomic E-state index is 9.98. The third-order valence-corrected chi connectivity index (χ3v) is 4.03. The van der Waals surface area contributed by atoms with Crippen molar-refractivity contribution in [3.8, 4) is 5.75 Å². The third kappa shape index (κ3) is 1.56. The van der Waals surface area contributed by atoms with E-state index >= 15 is 0 Å². The van der Waals surface area contributed by atoms with Crippen molar-refractivity contribution in [3.05, 3.63) is 83.4 Å².